The van der Waals surface area contributed by atoms with E-state index in [1.807, 2.05) is 26.2 Å². The first-order valence-corrected chi connectivity index (χ1v) is 8.75. The fourth-order valence-electron chi connectivity index (χ4n) is 3.02. The van der Waals surface area contributed by atoms with Crippen LogP contribution in [0.1, 0.15) is 33.9 Å². The zero-order chi connectivity index (χ0) is 18.7. The maximum absolute atomic E-state index is 12.3. The molecular formula is C18H25N7O. The third kappa shape index (κ3) is 3.96. The third-order valence-corrected chi connectivity index (χ3v) is 4.66. The molecule has 0 saturated carbocycles. The van der Waals surface area contributed by atoms with Gasteiger partial charge in [0.25, 0.3) is 5.91 Å². The predicted molar refractivity (Wildman–Crippen MR) is 99.0 cm³/mol. The van der Waals surface area contributed by atoms with Gasteiger partial charge >= 0.3 is 0 Å². The van der Waals surface area contributed by atoms with Crippen LogP contribution in [0.5, 0.6) is 0 Å². The van der Waals surface area contributed by atoms with Gasteiger partial charge in [-0.25, -0.2) is 19.9 Å². The molecule has 1 aliphatic rings. The highest BCUT2D eigenvalue weighted by atomic mass is 16.2. The summed E-state index contributed by atoms with van der Waals surface area (Å²) in [6.45, 7) is 6.42. The average molecular weight is 355 g/mol. The van der Waals surface area contributed by atoms with Crippen molar-refractivity contribution in [2.24, 2.45) is 0 Å². The fraction of sp³-hybridized carbons (Fsp3) is 0.500. The van der Waals surface area contributed by atoms with Crippen molar-refractivity contribution in [3.8, 4) is 0 Å². The second-order valence-electron chi connectivity index (χ2n) is 6.84. The summed E-state index contributed by atoms with van der Waals surface area (Å²) in [4.78, 5) is 33.0. The number of hydrogen-bond acceptors (Lipinski definition) is 7. The molecule has 138 valence electrons. The van der Waals surface area contributed by atoms with Gasteiger partial charge in [0, 0.05) is 69.0 Å². The minimum Gasteiger partial charge on any atom is -0.355 e. The van der Waals surface area contributed by atoms with Crippen LogP contribution in [0.4, 0.5) is 5.82 Å². The lowest BCUT2D eigenvalue weighted by atomic mass is 10.2. The number of nitrogens with one attached hydrogen (secondary N) is 1. The highest BCUT2D eigenvalue weighted by molar-refractivity contribution is 5.90. The minimum atomic E-state index is -0.174. The van der Waals surface area contributed by atoms with Crippen LogP contribution >= 0.6 is 0 Å². The standard InChI is InChI=1S/C18H25N7O/c1-12-13(2)22-16(18(26)24(3)4)23-17(12)25-6-5-15(10-25)21-9-14-7-19-11-20-8-14/h7-8,11,15,21H,5-6,9-10H2,1-4H3/t15-/m1/s1. The molecule has 3 rings (SSSR count). The predicted octanol–water partition coefficient (Wildman–Crippen LogP) is 0.954. The van der Waals surface area contributed by atoms with E-state index in [2.05, 4.69) is 30.2 Å². The Morgan fingerprint density at radius 2 is 2.00 bits per heavy atom. The molecule has 2 aromatic rings. The normalized spacial score (nSPS) is 16.8. The molecule has 1 fully saturated rings. The van der Waals surface area contributed by atoms with Crippen molar-refractivity contribution >= 4 is 11.7 Å². The number of anilines is 1. The molecule has 1 amide bonds. The molecular weight excluding hydrogens is 330 g/mol. The van der Waals surface area contributed by atoms with Crippen LogP contribution in [0.3, 0.4) is 0 Å². The Hall–Kier alpha value is -2.61. The van der Waals surface area contributed by atoms with Crippen molar-refractivity contribution in [1.82, 2.24) is 30.2 Å². The zero-order valence-corrected chi connectivity index (χ0v) is 15.7. The van der Waals surface area contributed by atoms with Gasteiger partial charge in [0.05, 0.1) is 0 Å². The third-order valence-electron chi connectivity index (χ3n) is 4.66. The van der Waals surface area contributed by atoms with Crippen LogP contribution in [-0.2, 0) is 6.54 Å². The summed E-state index contributed by atoms with van der Waals surface area (Å²) in [5.41, 5.74) is 2.94. The van der Waals surface area contributed by atoms with E-state index in [1.54, 1.807) is 14.1 Å². The van der Waals surface area contributed by atoms with Crippen molar-refractivity contribution in [2.45, 2.75) is 32.9 Å². The Bertz CT molecular complexity index is 779. The van der Waals surface area contributed by atoms with Crippen molar-refractivity contribution in [2.75, 3.05) is 32.1 Å². The van der Waals surface area contributed by atoms with Crippen LogP contribution in [0.2, 0.25) is 0 Å². The lowest BCUT2D eigenvalue weighted by Gasteiger charge is -2.22. The molecule has 1 atom stereocenters. The van der Waals surface area contributed by atoms with Crippen molar-refractivity contribution < 1.29 is 4.79 Å². The Kier molecular flexibility index (Phi) is 5.41. The fourth-order valence-corrected chi connectivity index (χ4v) is 3.02. The Morgan fingerprint density at radius 1 is 1.27 bits per heavy atom. The second kappa shape index (κ2) is 7.74. The summed E-state index contributed by atoms with van der Waals surface area (Å²) < 4.78 is 0. The van der Waals surface area contributed by atoms with E-state index >= 15 is 0 Å². The quantitative estimate of drug-likeness (QED) is 0.854. The summed E-state index contributed by atoms with van der Waals surface area (Å²) >= 11 is 0. The average Bonchev–Trinajstić information content (AvgIpc) is 3.11. The first-order valence-electron chi connectivity index (χ1n) is 8.75. The SMILES string of the molecule is Cc1nc(C(=O)N(C)C)nc(N2CC[C@@H](NCc3cncnc3)C2)c1C. The molecule has 8 heteroatoms. The first-order chi connectivity index (χ1) is 12.5. The minimum absolute atomic E-state index is 0.174. The van der Waals surface area contributed by atoms with Gasteiger partial charge in [0.1, 0.15) is 12.1 Å². The highest BCUT2D eigenvalue weighted by Crippen LogP contribution is 2.24. The van der Waals surface area contributed by atoms with E-state index in [0.717, 1.165) is 48.7 Å². The summed E-state index contributed by atoms with van der Waals surface area (Å²) in [6, 6.07) is 0.359. The molecule has 8 nitrogen and oxygen atoms in total. The monoisotopic (exact) mass is 355 g/mol. The van der Waals surface area contributed by atoms with Crippen LogP contribution in [0.25, 0.3) is 0 Å². The van der Waals surface area contributed by atoms with Gasteiger partial charge in [-0.15, -0.1) is 0 Å². The van der Waals surface area contributed by atoms with Crippen LogP contribution in [-0.4, -0.2) is 64.0 Å². The number of nitrogens with zero attached hydrogens (tertiary/aromatic N) is 6. The topological polar surface area (TPSA) is 87.1 Å². The van der Waals surface area contributed by atoms with Crippen LogP contribution in [0, 0.1) is 13.8 Å². The molecule has 1 N–H and O–H groups in total. The summed E-state index contributed by atoms with van der Waals surface area (Å²) in [5, 5.41) is 3.55. The van der Waals surface area contributed by atoms with E-state index in [0.29, 0.717) is 6.04 Å². The van der Waals surface area contributed by atoms with Gasteiger partial charge in [0.15, 0.2) is 0 Å². The van der Waals surface area contributed by atoms with Gasteiger partial charge in [-0.3, -0.25) is 4.79 Å². The van der Waals surface area contributed by atoms with Gasteiger partial charge in [-0.2, -0.15) is 0 Å². The number of amides is 1. The molecule has 1 aliphatic heterocycles. The van der Waals surface area contributed by atoms with E-state index in [-0.39, 0.29) is 11.7 Å². The molecule has 2 aromatic heterocycles. The Labute approximate surface area is 153 Å². The summed E-state index contributed by atoms with van der Waals surface area (Å²) in [7, 11) is 3.42. The smallest absolute Gasteiger partial charge is 0.291 e. The van der Waals surface area contributed by atoms with E-state index in [9.17, 15) is 4.79 Å². The van der Waals surface area contributed by atoms with Gasteiger partial charge in [-0.05, 0) is 20.3 Å². The molecule has 3 heterocycles. The van der Waals surface area contributed by atoms with Crippen molar-refractivity contribution in [3.05, 3.63) is 41.4 Å². The maximum Gasteiger partial charge on any atom is 0.291 e. The second-order valence-corrected chi connectivity index (χ2v) is 6.84. The van der Waals surface area contributed by atoms with Crippen LogP contribution < -0.4 is 10.2 Å². The Balaban J connectivity index is 1.70. The molecule has 0 unspecified atom stereocenters. The largest absolute Gasteiger partial charge is 0.355 e. The maximum atomic E-state index is 12.3. The van der Waals surface area contributed by atoms with Gasteiger partial charge in [0.2, 0.25) is 5.82 Å². The number of aromatic nitrogens is 4. The number of rotatable bonds is 5. The molecule has 0 bridgehead atoms. The van der Waals surface area contributed by atoms with Crippen molar-refractivity contribution in [3.63, 3.8) is 0 Å². The molecule has 0 aliphatic carbocycles. The van der Waals surface area contributed by atoms with Gasteiger partial charge < -0.3 is 15.1 Å². The molecule has 26 heavy (non-hydrogen) atoms. The first kappa shape index (κ1) is 18.2. The molecule has 0 spiro atoms. The zero-order valence-electron chi connectivity index (χ0n) is 15.7. The molecule has 0 aromatic carbocycles. The molecule has 0 radical (unpaired) electrons. The number of hydrogen-bond donors (Lipinski definition) is 1. The van der Waals surface area contributed by atoms with E-state index in [1.165, 1.54) is 11.2 Å². The summed E-state index contributed by atoms with van der Waals surface area (Å²) in [6.07, 6.45) is 6.20. The van der Waals surface area contributed by atoms with Gasteiger partial charge in [-0.1, -0.05) is 0 Å². The van der Waals surface area contributed by atoms with Crippen molar-refractivity contribution in [1.29, 1.82) is 0 Å². The van der Waals surface area contributed by atoms with E-state index < -0.39 is 0 Å². The number of carbonyl (C=O) groups is 1. The molecule has 1 saturated heterocycles. The number of carbonyl (C=O) groups excluding carboxylic acids is 1. The number of aryl methyl sites for hydroxylation is 1. The van der Waals surface area contributed by atoms with E-state index in [4.69, 9.17) is 0 Å². The lowest BCUT2D eigenvalue weighted by Crippen LogP contribution is -2.33. The Morgan fingerprint density at radius 3 is 2.69 bits per heavy atom. The summed E-state index contributed by atoms with van der Waals surface area (Å²) in [5.74, 6) is 0.938. The lowest BCUT2D eigenvalue weighted by molar-refractivity contribution is 0.0815. The highest BCUT2D eigenvalue weighted by Gasteiger charge is 2.26. The van der Waals surface area contributed by atoms with Crippen LogP contribution in [0.15, 0.2) is 18.7 Å².